The fourth-order valence-corrected chi connectivity index (χ4v) is 2.21. The molecule has 1 atom stereocenters. The third-order valence-electron chi connectivity index (χ3n) is 3.23. The van der Waals surface area contributed by atoms with Gasteiger partial charge in [-0.05, 0) is 25.3 Å². The number of likely N-dealkylation sites (N-methyl/N-ethyl adjacent to an activating group) is 1. The summed E-state index contributed by atoms with van der Waals surface area (Å²) in [6.45, 7) is 7.87. The summed E-state index contributed by atoms with van der Waals surface area (Å²) in [6.07, 6.45) is 4.34. The molecule has 1 aliphatic heterocycles. The van der Waals surface area contributed by atoms with Crippen LogP contribution in [0.4, 0.5) is 6.01 Å². The second-order valence-electron chi connectivity index (χ2n) is 5.66. The van der Waals surface area contributed by atoms with E-state index >= 15 is 0 Å². The number of hydrogen-bond donors (Lipinski definition) is 1. The molecule has 0 spiro atoms. The van der Waals surface area contributed by atoms with Gasteiger partial charge in [-0.1, -0.05) is 13.8 Å². The number of nitrogens with zero attached hydrogens (tertiary/aromatic N) is 2. The standard InChI is InChI=1S/C14H25N3O2/c1-11(2)7-15-8-12-10-19-14(16-12)17(3)9-13-5-4-6-18-13/h10-11,13,15H,4-9H2,1-3H3. The Morgan fingerprint density at radius 2 is 2.37 bits per heavy atom. The minimum absolute atomic E-state index is 0.319. The van der Waals surface area contributed by atoms with Crippen LogP contribution in [0.3, 0.4) is 0 Å². The highest BCUT2D eigenvalue weighted by atomic mass is 16.5. The summed E-state index contributed by atoms with van der Waals surface area (Å²) in [4.78, 5) is 6.52. The van der Waals surface area contributed by atoms with Crippen molar-refractivity contribution in [2.45, 2.75) is 39.3 Å². The van der Waals surface area contributed by atoms with Crippen LogP contribution in [0, 0.1) is 5.92 Å². The molecule has 2 heterocycles. The molecule has 1 aliphatic rings. The number of anilines is 1. The van der Waals surface area contributed by atoms with Crippen molar-refractivity contribution >= 4 is 6.01 Å². The Bertz CT molecular complexity index is 373. The Balaban J connectivity index is 1.78. The minimum atomic E-state index is 0.319. The molecule has 0 saturated carbocycles. The van der Waals surface area contributed by atoms with Crippen LogP contribution in [-0.2, 0) is 11.3 Å². The maximum atomic E-state index is 5.62. The highest BCUT2D eigenvalue weighted by molar-refractivity contribution is 5.25. The Morgan fingerprint density at radius 1 is 1.53 bits per heavy atom. The summed E-state index contributed by atoms with van der Waals surface area (Å²) in [6, 6.07) is 0.678. The molecule has 5 heteroatoms. The quantitative estimate of drug-likeness (QED) is 0.819. The third-order valence-corrected chi connectivity index (χ3v) is 3.23. The predicted octanol–water partition coefficient (Wildman–Crippen LogP) is 2.04. The van der Waals surface area contributed by atoms with Crippen molar-refractivity contribution in [3.63, 3.8) is 0 Å². The fraction of sp³-hybridized carbons (Fsp3) is 0.786. The molecule has 19 heavy (non-hydrogen) atoms. The van der Waals surface area contributed by atoms with Gasteiger partial charge in [0.05, 0.1) is 11.8 Å². The van der Waals surface area contributed by atoms with Crippen LogP contribution in [0.15, 0.2) is 10.7 Å². The molecule has 0 radical (unpaired) electrons. The van der Waals surface area contributed by atoms with Gasteiger partial charge < -0.3 is 19.4 Å². The summed E-state index contributed by atoms with van der Waals surface area (Å²) in [5.74, 6) is 0.647. The van der Waals surface area contributed by atoms with E-state index in [1.165, 1.54) is 0 Å². The molecule has 1 fully saturated rings. The normalized spacial score (nSPS) is 19.3. The Hall–Kier alpha value is -1.07. The van der Waals surface area contributed by atoms with E-state index in [2.05, 4.69) is 24.1 Å². The predicted molar refractivity (Wildman–Crippen MR) is 75.3 cm³/mol. The van der Waals surface area contributed by atoms with E-state index in [1.54, 1.807) is 6.26 Å². The molecule has 1 aromatic heterocycles. The number of oxazole rings is 1. The zero-order valence-electron chi connectivity index (χ0n) is 12.2. The second kappa shape index (κ2) is 6.91. The van der Waals surface area contributed by atoms with Crippen LogP contribution in [0.2, 0.25) is 0 Å². The van der Waals surface area contributed by atoms with Crippen molar-refractivity contribution in [2.75, 3.05) is 31.6 Å². The maximum Gasteiger partial charge on any atom is 0.297 e. The summed E-state index contributed by atoms with van der Waals surface area (Å²) >= 11 is 0. The highest BCUT2D eigenvalue weighted by Gasteiger charge is 2.19. The molecule has 2 rings (SSSR count). The van der Waals surface area contributed by atoms with E-state index in [1.807, 2.05) is 11.9 Å². The van der Waals surface area contributed by atoms with Gasteiger partial charge in [0.25, 0.3) is 6.01 Å². The zero-order valence-corrected chi connectivity index (χ0v) is 12.2. The van der Waals surface area contributed by atoms with Crippen molar-refractivity contribution in [2.24, 2.45) is 5.92 Å². The number of rotatable bonds is 7. The molecule has 1 aromatic rings. The van der Waals surface area contributed by atoms with E-state index in [4.69, 9.17) is 9.15 Å². The van der Waals surface area contributed by atoms with Gasteiger partial charge in [0.15, 0.2) is 0 Å². The lowest BCUT2D eigenvalue weighted by Crippen LogP contribution is -2.28. The lowest BCUT2D eigenvalue weighted by atomic mass is 10.2. The SMILES string of the molecule is CC(C)CNCc1coc(N(C)CC2CCCO2)n1. The topological polar surface area (TPSA) is 50.5 Å². The first-order valence-corrected chi connectivity index (χ1v) is 7.13. The van der Waals surface area contributed by atoms with Gasteiger partial charge in [-0.15, -0.1) is 0 Å². The molecule has 0 bridgehead atoms. The van der Waals surface area contributed by atoms with Crippen molar-refractivity contribution in [1.82, 2.24) is 10.3 Å². The van der Waals surface area contributed by atoms with Crippen LogP contribution in [0.25, 0.3) is 0 Å². The number of ether oxygens (including phenoxy) is 1. The van der Waals surface area contributed by atoms with Crippen LogP contribution in [-0.4, -0.2) is 37.8 Å². The molecule has 1 N–H and O–H groups in total. The lowest BCUT2D eigenvalue weighted by Gasteiger charge is -2.18. The summed E-state index contributed by atoms with van der Waals surface area (Å²) < 4.78 is 11.1. The monoisotopic (exact) mass is 267 g/mol. The van der Waals surface area contributed by atoms with Crippen molar-refractivity contribution < 1.29 is 9.15 Å². The molecular formula is C14H25N3O2. The Kier molecular flexibility index (Phi) is 5.22. The van der Waals surface area contributed by atoms with Crippen molar-refractivity contribution in [3.05, 3.63) is 12.0 Å². The number of hydrogen-bond acceptors (Lipinski definition) is 5. The first-order chi connectivity index (χ1) is 9.15. The van der Waals surface area contributed by atoms with E-state index in [-0.39, 0.29) is 0 Å². The molecule has 1 saturated heterocycles. The van der Waals surface area contributed by atoms with Gasteiger partial charge in [0.2, 0.25) is 0 Å². The van der Waals surface area contributed by atoms with Gasteiger partial charge in [-0.2, -0.15) is 4.98 Å². The summed E-state index contributed by atoms with van der Waals surface area (Å²) in [7, 11) is 2.00. The van der Waals surface area contributed by atoms with Crippen molar-refractivity contribution in [1.29, 1.82) is 0 Å². The fourth-order valence-electron chi connectivity index (χ4n) is 2.21. The van der Waals surface area contributed by atoms with E-state index in [0.29, 0.717) is 18.0 Å². The zero-order chi connectivity index (χ0) is 13.7. The van der Waals surface area contributed by atoms with Gasteiger partial charge in [0.1, 0.15) is 6.26 Å². The molecule has 0 aromatic carbocycles. The average Bonchev–Trinajstić information content (AvgIpc) is 2.99. The molecule has 108 valence electrons. The molecule has 5 nitrogen and oxygen atoms in total. The van der Waals surface area contributed by atoms with E-state index in [0.717, 1.165) is 44.8 Å². The van der Waals surface area contributed by atoms with E-state index in [9.17, 15) is 0 Å². The average molecular weight is 267 g/mol. The molecule has 0 aliphatic carbocycles. The van der Waals surface area contributed by atoms with Gasteiger partial charge in [-0.3, -0.25) is 0 Å². The first kappa shape index (κ1) is 14.3. The Labute approximate surface area is 115 Å². The smallest absolute Gasteiger partial charge is 0.297 e. The second-order valence-corrected chi connectivity index (χ2v) is 5.66. The molecular weight excluding hydrogens is 242 g/mol. The number of aromatic nitrogens is 1. The van der Waals surface area contributed by atoms with Crippen LogP contribution < -0.4 is 10.2 Å². The van der Waals surface area contributed by atoms with Gasteiger partial charge in [-0.25, -0.2) is 0 Å². The van der Waals surface area contributed by atoms with Crippen LogP contribution in [0.5, 0.6) is 0 Å². The number of nitrogens with one attached hydrogen (secondary N) is 1. The van der Waals surface area contributed by atoms with E-state index < -0.39 is 0 Å². The minimum Gasteiger partial charge on any atom is -0.432 e. The maximum absolute atomic E-state index is 5.62. The molecule has 1 unspecified atom stereocenters. The first-order valence-electron chi connectivity index (χ1n) is 7.13. The Morgan fingerprint density at radius 3 is 3.05 bits per heavy atom. The largest absolute Gasteiger partial charge is 0.432 e. The summed E-state index contributed by atoms with van der Waals surface area (Å²) in [5, 5.41) is 3.36. The summed E-state index contributed by atoms with van der Waals surface area (Å²) in [5.41, 5.74) is 0.954. The van der Waals surface area contributed by atoms with Gasteiger partial charge in [0, 0.05) is 26.7 Å². The van der Waals surface area contributed by atoms with Gasteiger partial charge >= 0.3 is 0 Å². The molecule has 0 amide bonds. The lowest BCUT2D eigenvalue weighted by molar-refractivity contribution is 0.115. The highest BCUT2D eigenvalue weighted by Crippen LogP contribution is 2.17. The van der Waals surface area contributed by atoms with Crippen molar-refractivity contribution in [3.8, 4) is 0 Å². The van der Waals surface area contributed by atoms with Crippen LogP contribution >= 0.6 is 0 Å². The third kappa shape index (κ3) is 4.51. The van der Waals surface area contributed by atoms with Crippen LogP contribution in [0.1, 0.15) is 32.4 Å².